The Bertz CT molecular complexity index is 91.1. The fourth-order valence-electron chi connectivity index (χ4n) is 1.99. The third kappa shape index (κ3) is 1.10. The summed E-state index contributed by atoms with van der Waals surface area (Å²) in [5.74, 6) is 1.05. The summed E-state index contributed by atoms with van der Waals surface area (Å²) in [6, 6.07) is 0. The zero-order valence-corrected chi connectivity index (χ0v) is 5.82. The van der Waals surface area contributed by atoms with E-state index < -0.39 is 0 Å². The lowest BCUT2D eigenvalue weighted by Crippen LogP contribution is -3.16. The highest BCUT2D eigenvalue weighted by molar-refractivity contribution is 4.64. The minimum atomic E-state index is 1.05. The van der Waals surface area contributed by atoms with Crippen molar-refractivity contribution >= 4 is 0 Å². The smallest absolute Gasteiger partial charge is 0.0976 e. The third-order valence-corrected chi connectivity index (χ3v) is 2.55. The largest absolute Gasteiger partial charge is 0.257 e. The normalized spacial score (nSPS) is 42.7. The number of hydrogen-bond donors (Lipinski definition) is 2. The van der Waals surface area contributed by atoms with Crippen molar-refractivity contribution in [1.29, 1.82) is 0 Å². The Labute approximate surface area is 56.2 Å². The monoisotopic (exact) mass is 127 g/mol. The number of rotatable bonds is 0. The maximum absolute atomic E-state index is 3.49. The summed E-state index contributed by atoms with van der Waals surface area (Å²) in [5, 5.41) is 1.64. The molecule has 2 fully saturated rings. The van der Waals surface area contributed by atoms with E-state index in [1.807, 2.05) is 0 Å². The summed E-state index contributed by atoms with van der Waals surface area (Å²) >= 11 is 0. The molecule has 2 saturated heterocycles. The molecule has 0 radical (unpaired) electrons. The second-order valence-electron chi connectivity index (χ2n) is 3.28. The molecule has 2 atom stereocenters. The van der Waals surface area contributed by atoms with Crippen molar-refractivity contribution in [2.75, 3.05) is 19.6 Å². The fourth-order valence-corrected chi connectivity index (χ4v) is 1.99. The van der Waals surface area contributed by atoms with E-state index in [9.17, 15) is 0 Å². The van der Waals surface area contributed by atoms with Crippen molar-refractivity contribution in [3.05, 3.63) is 0 Å². The number of quaternary nitrogens is 1. The topological polar surface area (TPSA) is 16.5 Å². The molecule has 2 N–H and O–H groups in total. The second-order valence-corrected chi connectivity index (χ2v) is 3.28. The zero-order valence-electron chi connectivity index (χ0n) is 5.82. The molecule has 2 heteroatoms. The molecule has 0 saturated carbocycles. The van der Waals surface area contributed by atoms with Crippen molar-refractivity contribution in [1.82, 2.24) is 5.43 Å². The molecule has 2 aliphatic heterocycles. The van der Waals surface area contributed by atoms with Crippen molar-refractivity contribution < 1.29 is 5.01 Å². The van der Waals surface area contributed by atoms with Gasteiger partial charge in [-0.15, -0.1) is 0 Å². The first kappa shape index (κ1) is 5.69. The van der Waals surface area contributed by atoms with Gasteiger partial charge in [0, 0.05) is 18.9 Å². The lowest BCUT2D eigenvalue weighted by molar-refractivity contribution is -0.933. The summed E-state index contributed by atoms with van der Waals surface area (Å²) in [5.41, 5.74) is 3.49. The van der Waals surface area contributed by atoms with Crippen LogP contribution in [0.15, 0.2) is 0 Å². The van der Waals surface area contributed by atoms with E-state index in [1.165, 1.54) is 38.9 Å². The first-order chi connectivity index (χ1) is 4.45. The van der Waals surface area contributed by atoms with E-state index in [-0.39, 0.29) is 0 Å². The first-order valence-electron chi connectivity index (χ1n) is 4.04. The van der Waals surface area contributed by atoms with Crippen LogP contribution in [0.1, 0.15) is 19.3 Å². The van der Waals surface area contributed by atoms with E-state index in [1.54, 1.807) is 5.01 Å². The molecule has 0 amide bonds. The fraction of sp³-hybridized carbons (Fsp3) is 1.00. The van der Waals surface area contributed by atoms with Crippen LogP contribution >= 0.6 is 0 Å². The summed E-state index contributed by atoms with van der Waals surface area (Å²) in [6.45, 7) is 4.00. The van der Waals surface area contributed by atoms with Gasteiger partial charge in [-0.2, -0.15) is 5.43 Å². The minimum absolute atomic E-state index is 1.05. The van der Waals surface area contributed by atoms with Crippen LogP contribution in [0, 0.1) is 5.92 Å². The summed E-state index contributed by atoms with van der Waals surface area (Å²) in [4.78, 5) is 0. The predicted octanol–water partition coefficient (Wildman–Crippen LogP) is -0.810. The van der Waals surface area contributed by atoms with Gasteiger partial charge < -0.3 is 0 Å². The molecule has 0 aromatic carbocycles. The van der Waals surface area contributed by atoms with Gasteiger partial charge >= 0.3 is 0 Å². The molecule has 0 spiro atoms. The highest BCUT2D eigenvalue weighted by Crippen LogP contribution is 2.12. The van der Waals surface area contributed by atoms with Crippen LogP contribution < -0.4 is 10.4 Å². The zero-order chi connectivity index (χ0) is 6.10. The van der Waals surface area contributed by atoms with Gasteiger partial charge in [-0.1, -0.05) is 0 Å². The van der Waals surface area contributed by atoms with E-state index in [0.717, 1.165) is 5.92 Å². The second kappa shape index (κ2) is 2.27. The van der Waals surface area contributed by atoms with Gasteiger partial charge in [0.15, 0.2) is 0 Å². The molecule has 2 aliphatic rings. The lowest BCUT2D eigenvalue weighted by atomic mass is 10.0. The molecule has 0 aromatic rings. The Morgan fingerprint density at radius 1 is 1.33 bits per heavy atom. The van der Waals surface area contributed by atoms with Crippen LogP contribution in [0.3, 0.4) is 0 Å². The standard InChI is InChI=1S/C7H14N2/c1-2-7-3-5-9(6-7)8-4-1/h7-8H,1-6H2/p+1. The molecule has 0 aliphatic carbocycles. The van der Waals surface area contributed by atoms with Crippen molar-refractivity contribution in [2.24, 2.45) is 5.92 Å². The minimum Gasteiger partial charge on any atom is -0.257 e. The van der Waals surface area contributed by atoms with E-state index in [4.69, 9.17) is 0 Å². The number of nitrogens with one attached hydrogen (secondary N) is 2. The van der Waals surface area contributed by atoms with Gasteiger partial charge in [0.05, 0.1) is 13.1 Å². The molecule has 2 nitrogen and oxygen atoms in total. The lowest BCUT2D eigenvalue weighted by Gasteiger charge is -2.09. The van der Waals surface area contributed by atoms with Gasteiger partial charge in [0.25, 0.3) is 0 Å². The van der Waals surface area contributed by atoms with Gasteiger partial charge in [-0.25, -0.2) is 0 Å². The summed E-state index contributed by atoms with van der Waals surface area (Å²) in [7, 11) is 0. The van der Waals surface area contributed by atoms with E-state index in [2.05, 4.69) is 5.43 Å². The van der Waals surface area contributed by atoms with Crippen LogP contribution in [0.25, 0.3) is 0 Å². The van der Waals surface area contributed by atoms with Gasteiger partial charge in [0.2, 0.25) is 0 Å². The molecule has 2 heterocycles. The molecule has 2 bridgehead atoms. The quantitative estimate of drug-likeness (QED) is 0.435. The van der Waals surface area contributed by atoms with Gasteiger partial charge in [-0.3, -0.25) is 5.01 Å². The number of hydrogen-bond acceptors (Lipinski definition) is 1. The third-order valence-electron chi connectivity index (χ3n) is 2.55. The Morgan fingerprint density at radius 3 is 3.33 bits per heavy atom. The van der Waals surface area contributed by atoms with Crippen molar-refractivity contribution in [2.45, 2.75) is 19.3 Å². The maximum Gasteiger partial charge on any atom is 0.0976 e. The Balaban J connectivity index is 1.99. The van der Waals surface area contributed by atoms with Crippen LogP contribution in [0.5, 0.6) is 0 Å². The SMILES string of the molecule is C1CN[NH+]2CCC(C1)C2. The van der Waals surface area contributed by atoms with Crippen molar-refractivity contribution in [3.8, 4) is 0 Å². The van der Waals surface area contributed by atoms with Gasteiger partial charge in [0.1, 0.15) is 0 Å². The van der Waals surface area contributed by atoms with Crippen LogP contribution in [0.4, 0.5) is 0 Å². The summed E-state index contributed by atoms with van der Waals surface area (Å²) < 4.78 is 0. The Kier molecular flexibility index (Phi) is 1.44. The maximum atomic E-state index is 3.49. The highest BCUT2D eigenvalue weighted by Gasteiger charge is 2.27. The van der Waals surface area contributed by atoms with E-state index >= 15 is 0 Å². The molecule has 2 unspecified atom stereocenters. The Morgan fingerprint density at radius 2 is 2.33 bits per heavy atom. The van der Waals surface area contributed by atoms with Crippen LogP contribution in [-0.2, 0) is 0 Å². The molecule has 0 aromatic heterocycles. The highest BCUT2D eigenvalue weighted by atomic mass is 15.5. The first-order valence-corrected chi connectivity index (χ1v) is 4.04. The predicted molar refractivity (Wildman–Crippen MR) is 36.0 cm³/mol. The molecule has 52 valence electrons. The molecule has 9 heavy (non-hydrogen) atoms. The van der Waals surface area contributed by atoms with Crippen molar-refractivity contribution in [3.63, 3.8) is 0 Å². The van der Waals surface area contributed by atoms with E-state index in [0.29, 0.717) is 0 Å². The van der Waals surface area contributed by atoms with Gasteiger partial charge in [-0.05, 0) is 12.8 Å². The van der Waals surface area contributed by atoms with Crippen LogP contribution in [-0.4, -0.2) is 19.6 Å². The molecular formula is C7H15N2+. The van der Waals surface area contributed by atoms with Crippen LogP contribution in [0.2, 0.25) is 0 Å². The molecule has 2 rings (SSSR count). The average Bonchev–Trinajstić information content (AvgIpc) is 2.09. The molecular weight excluding hydrogens is 112 g/mol. The Hall–Kier alpha value is -0.0800. The average molecular weight is 127 g/mol. The number of fused-ring (bicyclic) bond motifs is 2. The summed E-state index contributed by atoms with van der Waals surface area (Å²) in [6.07, 6.45) is 4.33.